The van der Waals surface area contributed by atoms with Crippen LogP contribution in [-0.4, -0.2) is 30.1 Å². The maximum atomic E-state index is 12.5. The predicted molar refractivity (Wildman–Crippen MR) is 87.7 cm³/mol. The number of esters is 2. The minimum absolute atomic E-state index is 0.193. The number of aromatic nitrogens is 1. The van der Waals surface area contributed by atoms with Gasteiger partial charge in [0.05, 0.1) is 24.4 Å². The van der Waals surface area contributed by atoms with Crippen LogP contribution in [-0.2, 0) is 26.9 Å². The molecule has 26 heavy (non-hydrogen) atoms. The molecule has 0 saturated carbocycles. The largest absolute Gasteiger partial charge is 0.466 e. The number of rotatable bonds is 7. The zero-order valence-electron chi connectivity index (χ0n) is 13.8. The molecule has 0 spiro atoms. The number of carbonyl (C=O) groups is 2. The van der Waals surface area contributed by atoms with E-state index in [0.717, 1.165) is 23.5 Å². The average molecular weight is 387 g/mol. The van der Waals surface area contributed by atoms with Crippen LogP contribution in [0.25, 0.3) is 0 Å². The second-order valence-electron chi connectivity index (χ2n) is 5.37. The number of hydrogen-bond acceptors (Lipinski definition) is 6. The third kappa shape index (κ3) is 5.55. The van der Waals surface area contributed by atoms with Crippen LogP contribution in [0.15, 0.2) is 36.0 Å². The quantitative estimate of drug-likeness (QED) is 0.675. The van der Waals surface area contributed by atoms with Gasteiger partial charge in [-0.25, -0.2) is 9.59 Å². The SMILES string of the molecule is COC(=O)C(CCCc1ccc(C(F)(F)F)cc1)OC(=O)c1cncs1. The van der Waals surface area contributed by atoms with Gasteiger partial charge >= 0.3 is 18.1 Å². The van der Waals surface area contributed by atoms with Crippen molar-refractivity contribution in [3.05, 3.63) is 52.0 Å². The molecule has 2 aromatic rings. The van der Waals surface area contributed by atoms with Gasteiger partial charge in [-0.15, -0.1) is 11.3 Å². The van der Waals surface area contributed by atoms with Gasteiger partial charge in [-0.2, -0.15) is 13.2 Å². The van der Waals surface area contributed by atoms with E-state index in [1.54, 1.807) is 0 Å². The predicted octanol–water partition coefficient (Wildman–Crippen LogP) is 3.88. The third-order valence-corrected chi connectivity index (χ3v) is 4.31. The summed E-state index contributed by atoms with van der Waals surface area (Å²) in [6.07, 6.45) is -3.06. The number of nitrogens with zero attached hydrogens (tertiary/aromatic N) is 1. The number of methoxy groups -OCH3 is 1. The summed E-state index contributed by atoms with van der Waals surface area (Å²) in [5.74, 6) is -1.35. The molecule has 0 bridgehead atoms. The Morgan fingerprint density at radius 3 is 2.46 bits per heavy atom. The Bertz CT molecular complexity index is 729. The van der Waals surface area contributed by atoms with E-state index in [2.05, 4.69) is 9.72 Å². The van der Waals surface area contributed by atoms with Gasteiger partial charge in [0.2, 0.25) is 0 Å². The van der Waals surface area contributed by atoms with E-state index in [0.29, 0.717) is 18.4 Å². The number of thiazole rings is 1. The lowest BCUT2D eigenvalue weighted by atomic mass is 10.0. The van der Waals surface area contributed by atoms with Crippen LogP contribution >= 0.6 is 11.3 Å². The van der Waals surface area contributed by atoms with E-state index in [1.807, 2.05) is 0 Å². The number of aryl methyl sites for hydroxylation is 1. The highest BCUT2D eigenvalue weighted by atomic mass is 32.1. The fourth-order valence-corrected chi connectivity index (χ4v) is 2.71. The van der Waals surface area contributed by atoms with E-state index < -0.39 is 29.8 Å². The van der Waals surface area contributed by atoms with Crippen molar-refractivity contribution in [1.82, 2.24) is 4.98 Å². The third-order valence-electron chi connectivity index (χ3n) is 3.56. The molecule has 1 aromatic heterocycles. The first-order valence-corrected chi connectivity index (χ1v) is 8.52. The first kappa shape index (κ1) is 19.9. The van der Waals surface area contributed by atoms with E-state index in [9.17, 15) is 22.8 Å². The summed E-state index contributed by atoms with van der Waals surface area (Å²) in [7, 11) is 1.19. The van der Waals surface area contributed by atoms with E-state index in [1.165, 1.54) is 30.9 Å². The molecule has 0 amide bonds. The molecule has 0 radical (unpaired) electrons. The summed E-state index contributed by atoms with van der Waals surface area (Å²) in [4.78, 5) is 27.7. The number of benzene rings is 1. The molecule has 0 aliphatic rings. The minimum atomic E-state index is -4.38. The van der Waals surface area contributed by atoms with E-state index in [4.69, 9.17) is 4.74 Å². The summed E-state index contributed by atoms with van der Waals surface area (Å²) in [6.45, 7) is 0. The Labute approximate surface area is 151 Å². The highest BCUT2D eigenvalue weighted by Gasteiger charge is 2.30. The monoisotopic (exact) mass is 387 g/mol. The fraction of sp³-hybridized carbons (Fsp3) is 0.353. The number of ether oxygens (including phenoxy) is 2. The molecule has 0 saturated heterocycles. The highest BCUT2D eigenvalue weighted by Crippen LogP contribution is 2.29. The zero-order valence-corrected chi connectivity index (χ0v) is 14.6. The molecule has 0 aliphatic carbocycles. The molecule has 0 fully saturated rings. The smallest absolute Gasteiger partial charge is 0.416 e. The topological polar surface area (TPSA) is 65.5 Å². The molecular formula is C17H16F3NO4S. The standard InChI is InChI=1S/C17H16F3NO4S/c1-24-15(22)13(25-16(23)14-9-21-10-26-14)4-2-3-11-5-7-12(8-6-11)17(18,19)20/h5-10,13H,2-4H2,1H3. The molecule has 140 valence electrons. The number of hydrogen-bond donors (Lipinski definition) is 0. The van der Waals surface area contributed by atoms with Gasteiger partial charge in [-0.1, -0.05) is 12.1 Å². The summed E-state index contributed by atoms with van der Waals surface area (Å²) < 4.78 is 47.4. The Hall–Kier alpha value is -2.42. The first-order valence-electron chi connectivity index (χ1n) is 7.64. The molecule has 2 rings (SSSR count). The van der Waals surface area contributed by atoms with Crippen LogP contribution in [0.4, 0.5) is 13.2 Å². The van der Waals surface area contributed by atoms with Crippen molar-refractivity contribution in [2.75, 3.05) is 7.11 Å². The Morgan fingerprint density at radius 1 is 1.23 bits per heavy atom. The molecule has 5 nitrogen and oxygen atoms in total. The molecule has 1 atom stereocenters. The zero-order chi connectivity index (χ0) is 19.2. The van der Waals surface area contributed by atoms with Gasteiger partial charge in [0.15, 0.2) is 6.10 Å². The second-order valence-corrected chi connectivity index (χ2v) is 6.26. The van der Waals surface area contributed by atoms with Crippen LogP contribution in [0.5, 0.6) is 0 Å². The molecule has 0 aliphatic heterocycles. The second kappa shape index (κ2) is 8.79. The maximum Gasteiger partial charge on any atom is 0.416 e. The van der Waals surface area contributed by atoms with Crippen molar-refractivity contribution in [1.29, 1.82) is 0 Å². The molecule has 1 aromatic carbocycles. The summed E-state index contributed by atoms with van der Waals surface area (Å²) in [5.41, 5.74) is 1.44. The normalized spacial score (nSPS) is 12.5. The van der Waals surface area contributed by atoms with Crippen molar-refractivity contribution >= 4 is 23.3 Å². The molecule has 1 heterocycles. The average Bonchev–Trinajstić information content (AvgIpc) is 3.14. The van der Waals surface area contributed by atoms with Crippen LogP contribution in [0.3, 0.4) is 0 Å². The van der Waals surface area contributed by atoms with Crippen LogP contribution in [0.2, 0.25) is 0 Å². The molecule has 0 N–H and O–H groups in total. The van der Waals surface area contributed by atoms with Crippen LogP contribution in [0, 0.1) is 0 Å². The summed E-state index contributed by atoms with van der Waals surface area (Å²) in [5, 5.41) is 0. The summed E-state index contributed by atoms with van der Waals surface area (Å²) >= 11 is 1.09. The van der Waals surface area contributed by atoms with Crippen molar-refractivity contribution < 1.29 is 32.2 Å². The van der Waals surface area contributed by atoms with Crippen molar-refractivity contribution in [2.45, 2.75) is 31.5 Å². The van der Waals surface area contributed by atoms with Crippen LogP contribution < -0.4 is 0 Å². The summed E-state index contributed by atoms with van der Waals surface area (Å²) in [6, 6.07) is 4.80. The maximum absolute atomic E-state index is 12.5. The van der Waals surface area contributed by atoms with Gasteiger partial charge in [0.1, 0.15) is 4.88 Å². The van der Waals surface area contributed by atoms with Crippen molar-refractivity contribution in [2.24, 2.45) is 0 Å². The van der Waals surface area contributed by atoms with Gasteiger partial charge < -0.3 is 9.47 Å². The number of carbonyl (C=O) groups excluding carboxylic acids is 2. The Morgan fingerprint density at radius 2 is 1.92 bits per heavy atom. The molecular weight excluding hydrogens is 371 g/mol. The lowest BCUT2D eigenvalue weighted by Gasteiger charge is -2.15. The lowest BCUT2D eigenvalue weighted by molar-refractivity contribution is -0.151. The van der Waals surface area contributed by atoms with Gasteiger partial charge in [0.25, 0.3) is 0 Å². The lowest BCUT2D eigenvalue weighted by Crippen LogP contribution is -2.28. The van der Waals surface area contributed by atoms with Crippen molar-refractivity contribution in [3.8, 4) is 0 Å². The fourth-order valence-electron chi connectivity index (χ4n) is 2.21. The number of halogens is 3. The van der Waals surface area contributed by atoms with Gasteiger partial charge in [-0.05, 0) is 37.0 Å². The highest BCUT2D eigenvalue weighted by molar-refractivity contribution is 7.11. The first-order chi connectivity index (χ1) is 12.3. The molecule has 1 unspecified atom stereocenters. The van der Waals surface area contributed by atoms with E-state index >= 15 is 0 Å². The number of alkyl halides is 3. The van der Waals surface area contributed by atoms with Crippen molar-refractivity contribution in [3.63, 3.8) is 0 Å². The minimum Gasteiger partial charge on any atom is -0.466 e. The Balaban J connectivity index is 1.91. The van der Waals surface area contributed by atoms with Gasteiger partial charge in [0, 0.05) is 0 Å². The molecule has 9 heteroatoms. The van der Waals surface area contributed by atoms with Crippen LogP contribution in [0.1, 0.15) is 33.6 Å². The van der Waals surface area contributed by atoms with E-state index in [-0.39, 0.29) is 11.3 Å². The van der Waals surface area contributed by atoms with Gasteiger partial charge in [-0.3, -0.25) is 4.98 Å². The Kier molecular flexibility index (Phi) is 6.73.